The molecule has 0 amide bonds. The van der Waals surface area contributed by atoms with E-state index in [4.69, 9.17) is 45.2 Å². The van der Waals surface area contributed by atoms with Gasteiger partial charge in [-0.25, -0.2) is 0 Å². The summed E-state index contributed by atoms with van der Waals surface area (Å²) in [5.41, 5.74) is 8.05. The van der Waals surface area contributed by atoms with Gasteiger partial charge in [-0.1, -0.05) is 57.7 Å². The molecule has 8 bridgehead atoms. The Kier molecular flexibility index (Phi) is 10.3. The molecule has 5 heterocycles. The van der Waals surface area contributed by atoms with Crippen LogP contribution in [0.15, 0.2) is 0 Å². The second-order valence-corrected chi connectivity index (χ2v) is 12.6. The Labute approximate surface area is 282 Å². The van der Waals surface area contributed by atoms with Crippen LogP contribution in [0.4, 0.5) is 0 Å². The van der Waals surface area contributed by atoms with E-state index in [1.54, 1.807) is 0 Å². The first-order valence-corrected chi connectivity index (χ1v) is 15.2. The molecule has 0 aliphatic carbocycles. The van der Waals surface area contributed by atoms with Gasteiger partial charge in [0, 0.05) is 12.8 Å². The van der Waals surface area contributed by atoms with Gasteiger partial charge in [-0.3, -0.25) is 9.59 Å². The number of aromatic nitrogens is 4. The van der Waals surface area contributed by atoms with Crippen molar-refractivity contribution >= 4 is 71.3 Å². The molecule has 0 atom stereocenters. The number of rotatable bonds is 6. The SMILES string of the molecule is C/C(S)=c1\c(C)c2[n-]\c1=C/c1[n-]c(c(CCC(=O)O)c1C)/C=c1\[n-]/c(c(C)c1CCC(=O)O)=C\c1[n-]c(/c(=C(\C)S)c1C)=C\2.[Fe+4]. The zero-order chi connectivity index (χ0) is 32.0. The number of carboxylic acids is 2. The van der Waals surface area contributed by atoms with E-state index in [-0.39, 0.29) is 42.8 Å². The molecule has 4 aromatic heterocycles. The molecule has 234 valence electrons. The van der Waals surface area contributed by atoms with Crippen LogP contribution >= 0.6 is 25.3 Å². The van der Waals surface area contributed by atoms with Crippen LogP contribution in [0, 0.1) is 27.7 Å². The normalized spacial score (nSPS) is 16.5. The fourth-order valence-corrected chi connectivity index (χ4v) is 6.54. The van der Waals surface area contributed by atoms with Crippen molar-refractivity contribution in [2.24, 2.45) is 0 Å². The van der Waals surface area contributed by atoms with E-state index in [0.717, 1.165) is 70.4 Å². The smallest absolute Gasteiger partial charge is 0.657 e. The summed E-state index contributed by atoms with van der Waals surface area (Å²) in [7, 11) is 0. The molecular weight excluding hydrogens is 648 g/mol. The number of hydrogen-bond donors (Lipinski definition) is 4. The monoisotopic (exact) mass is 682 g/mol. The zero-order valence-electron chi connectivity index (χ0n) is 25.9. The van der Waals surface area contributed by atoms with Crippen LogP contribution in [0.25, 0.3) is 34.1 Å². The van der Waals surface area contributed by atoms with E-state index in [2.05, 4.69) is 0 Å². The summed E-state index contributed by atoms with van der Waals surface area (Å²) in [5.74, 6) is -1.80. The Morgan fingerprint density at radius 3 is 1.47 bits per heavy atom. The number of aliphatic carboxylic acids is 2. The first-order chi connectivity index (χ1) is 20.8. The summed E-state index contributed by atoms with van der Waals surface area (Å²) in [4.78, 5) is 44.7. The van der Waals surface area contributed by atoms with E-state index in [9.17, 15) is 19.8 Å². The largest absolute Gasteiger partial charge is 4.00 e. The third-order valence-corrected chi connectivity index (χ3v) is 8.73. The van der Waals surface area contributed by atoms with Crippen LogP contribution < -0.4 is 51.8 Å². The van der Waals surface area contributed by atoms with Gasteiger partial charge < -0.3 is 30.1 Å². The van der Waals surface area contributed by atoms with Gasteiger partial charge in [-0.2, -0.15) is 0 Å². The van der Waals surface area contributed by atoms with E-state index in [1.807, 2.05) is 65.8 Å². The van der Waals surface area contributed by atoms with Crippen molar-refractivity contribution in [2.75, 3.05) is 0 Å². The average Bonchev–Trinajstić information content (AvgIpc) is 3.59. The molecule has 1 aliphatic heterocycles. The van der Waals surface area contributed by atoms with Gasteiger partial charge in [0.05, 0.1) is 0 Å². The molecule has 2 N–H and O–H groups in total. The third kappa shape index (κ3) is 6.72. The number of fused-ring (bicyclic) bond motifs is 8. The maximum absolute atomic E-state index is 11.6. The predicted molar refractivity (Wildman–Crippen MR) is 178 cm³/mol. The summed E-state index contributed by atoms with van der Waals surface area (Å²) in [6.07, 6.45) is 8.13. The van der Waals surface area contributed by atoms with Crippen molar-refractivity contribution in [3.8, 4) is 0 Å². The van der Waals surface area contributed by atoms with Gasteiger partial charge >= 0.3 is 29.0 Å². The molecule has 8 nitrogen and oxygen atoms in total. The zero-order valence-corrected chi connectivity index (χ0v) is 28.8. The summed E-state index contributed by atoms with van der Waals surface area (Å²) < 4.78 is 0. The minimum absolute atomic E-state index is 0. The van der Waals surface area contributed by atoms with Crippen molar-refractivity contribution in [2.45, 2.75) is 67.2 Å². The summed E-state index contributed by atoms with van der Waals surface area (Å²) in [6, 6.07) is 0. The second-order valence-electron chi connectivity index (χ2n) is 11.3. The Balaban J connectivity index is 0.00000461. The number of hydrogen-bond acceptors (Lipinski definition) is 4. The third-order valence-electron chi connectivity index (χ3n) is 8.28. The Hall–Kier alpha value is -3.50. The molecule has 0 aromatic carbocycles. The van der Waals surface area contributed by atoms with Gasteiger partial charge in [-0.15, -0.1) is 69.4 Å². The summed E-state index contributed by atoms with van der Waals surface area (Å²) in [5, 5.41) is 23.5. The molecule has 0 unspecified atom stereocenters. The molecule has 0 saturated heterocycles. The molecule has 5 rings (SSSR count). The van der Waals surface area contributed by atoms with E-state index < -0.39 is 11.9 Å². The molecule has 0 fully saturated rings. The summed E-state index contributed by atoms with van der Waals surface area (Å²) in [6.45, 7) is 11.8. The van der Waals surface area contributed by atoms with Crippen LogP contribution in [0.5, 0.6) is 0 Å². The Bertz CT molecular complexity index is 2220. The van der Waals surface area contributed by atoms with Gasteiger partial charge in [0.15, 0.2) is 0 Å². The van der Waals surface area contributed by atoms with Crippen LogP contribution in [0.3, 0.4) is 0 Å². The topological polar surface area (TPSA) is 131 Å². The quantitative estimate of drug-likeness (QED) is 0.151. The van der Waals surface area contributed by atoms with Crippen molar-refractivity contribution < 1.29 is 36.9 Å². The summed E-state index contributed by atoms with van der Waals surface area (Å²) >= 11 is 9.40. The Morgan fingerprint density at radius 1 is 0.578 bits per heavy atom. The van der Waals surface area contributed by atoms with Crippen molar-refractivity contribution in [3.05, 3.63) is 88.0 Å². The number of carbonyl (C=O) groups is 2. The molecule has 1 aliphatic rings. The van der Waals surface area contributed by atoms with Crippen LogP contribution in [-0.4, -0.2) is 22.2 Å². The molecule has 11 heteroatoms. The predicted octanol–water partition coefficient (Wildman–Crippen LogP) is 0.525. The first-order valence-electron chi connectivity index (χ1n) is 14.3. The van der Waals surface area contributed by atoms with Crippen LogP contribution in [0.2, 0.25) is 0 Å². The maximum atomic E-state index is 11.6. The van der Waals surface area contributed by atoms with Gasteiger partial charge in [0.2, 0.25) is 0 Å². The molecule has 0 saturated carbocycles. The van der Waals surface area contributed by atoms with E-state index in [1.165, 1.54) is 0 Å². The van der Waals surface area contributed by atoms with Crippen molar-refractivity contribution in [1.29, 1.82) is 0 Å². The second kappa shape index (κ2) is 13.5. The average molecular weight is 683 g/mol. The maximum Gasteiger partial charge on any atom is 4.00 e. The number of carboxylic acid groups (broad SMARTS) is 2. The van der Waals surface area contributed by atoms with E-state index >= 15 is 0 Å². The molecule has 0 radical (unpaired) electrons. The fraction of sp³-hybridized carbons (Fsp3) is 0.294. The number of thiol groups is 2. The fourth-order valence-electron chi connectivity index (χ4n) is 5.97. The number of nitrogens with zero attached hydrogens (tertiary/aromatic N) is 4. The van der Waals surface area contributed by atoms with Gasteiger partial charge in [0.25, 0.3) is 0 Å². The Morgan fingerprint density at radius 2 is 1.00 bits per heavy atom. The molecule has 4 aromatic rings. The first kappa shape index (κ1) is 34.4. The van der Waals surface area contributed by atoms with Crippen molar-refractivity contribution in [3.63, 3.8) is 0 Å². The molecule has 0 spiro atoms. The minimum Gasteiger partial charge on any atom is -0.657 e. The standard InChI is InChI=1S/C34H34N4O4S2.Fe/c1-15-21(7-9-31(39)40)27-14-28-22(8-10-32(41)42)16(2)24(36-28)12-29-34(20(6)44)18(4)26(38-29)13-30-33(19(5)43)17(3)25(37-30)11-23(15)35-27;/h11-14,43-44H,7-10H2,1-6H3,(H,39,40)(H,41,42);/q-4;+4/b23-11-,27-14-,29-12-,30-13-,33-19+,34-20-;. The van der Waals surface area contributed by atoms with Gasteiger partial charge in [0.1, 0.15) is 0 Å². The minimum atomic E-state index is -0.900. The van der Waals surface area contributed by atoms with Crippen molar-refractivity contribution in [1.82, 2.24) is 19.9 Å². The molecular formula is C34H34FeN4O4S2. The van der Waals surface area contributed by atoms with Gasteiger partial charge in [-0.05, 0) is 74.6 Å². The molecule has 45 heavy (non-hydrogen) atoms. The van der Waals surface area contributed by atoms with Crippen LogP contribution in [-0.2, 0) is 39.5 Å². The van der Waals surface area contributed by atoms with E-state index in [0.29, 0.717) is 27.4 Å². The van der Waals surface area contributed by atoms with Crippen LogP contribution in [0.1, 0.15) is 82.8 Å².